The smallest absolute Gasteiger partial charge is 0.341 e. The Morgan fingerprint density at radius 1 is 1.19 bits per heavy atom. The summed E-state index contributed by atoms with van der Waals surface area (Å²) >= 11 is 5.84. The fraction of sp³-hybridized carbons (Fsp3) is 0.278. The molecule has 0 saturated heterocycles. The third kappa shape index (κ3) is 3.72. The van der Waals surface area contributed by atoms with Crippen LogP contribution in [0.25, 0.3) is 0 Å². The monoisotopic (exact) mass is 379 g/mol. The number of carboxylic acids is 1. The van der Waals surface area contributed by atoms with Crippen molar-refractivity contribution in [1.82, 2.24) is 4.57 Å². The van der Waals surface area contributed by atoms with Crippen LogP contribution >= 0.6 is 11.6 Å². The first-order valence-corrected chi connectivity index (χ1v) is 8.14. The maximum Gasteiger partial charge on any atom is 0.341 e. The van der Waals surface area contributed by atoms with E-state index in [2.05, 4.69) is 0 Å². The van der Waals surface area contributed by atoms with E-state index < -0.39 is 17.7 Å². The van der Waals surface area contributed by atoms with Crippen molar-refractivity contribution in [3.8, 4) is 5.75 Å². The van der Waals surface area contributed by atoms with Crippen molar-refractivity contribution in [2.75, 3.05) is 13.7 Å². The summed E-state index contributed by atoms with van der Waals surface area (Å²) in [7, 11) is 2.78. The number of carbonyl (C=O) groups excluding carboxylic acids is 2. The number of hydrogen-bond donors (Lipinski definition) is 1. The van der Waals surface area contributed by atoms with Crippen molar-refractivity contribution in [3.05, 3.63) is 51.8 Å². The lowest BCUT2D eigenvalue weighted by molar-refractivity contribution is -0.142. The molecular weight excluding hydrogens is 362 g/mol. The quantitative estimate of drug-likeness (QED) is 0.587. The predicted molar refractivity (Wildman–Crippen MR) is 94.1 cm³/mol. The summed E-state index contributed by atoms with van der Waals surface area (Å²) in [5, 5.41) is 10.0. The first kappa shape index (κ1) is 19.5. The number of benzene rings is 1. The third-order valence-electron chi connectivity index (χ3n) is 3.83. The van der Waals surface area contributed by atoms with Gasteiger partial charge in [-0.15, -0.1) is 0 Å². The summed E-state index contributed by atoms with van der Waals surface area (Å²) in [5.41, 5.74) is 0.241. The second kappa shape index (κ2) is 8.05. The molecule has 0 saturated carbocycles. The normalized spacial score (nSPS) is 10.5. The standard InChI is InChI=1S/C18H18ClNO6/c1-4-26-13(21)9-12-14(18(23)24)17(25-3)15(20(12)2)16(22)10-5-7-11(19)8-6-10/h5-8H,4,9H2,1-3H3,(H,23,24). The van der Waals surface area contributed by atoms with Crippen LogP contribution in [-0.2, 0) is 23.0 Å². The largest absolute Gasteiger partial charge is 0.493 e. The van der Waals surface area contributed by atoms with Crippen molar-refractivity contribution < 1.29 is 29.0 Å². The van der Waals surface area contributed by atoms with Crippen LogP contribution in [0.1, 0.15) is 39.0 Å². The van der Waals surface area contributed by atoms with E-state index in [9.17, 15) is 19.5 Å². The maximum absolute atomic E-state index is 12.9. The van der Waals surface area contributed by atoms with Crippen molar-refractivity contribution in [3.63, 3.8) is 0 Å². The SMILES string of the molecule is CCOC(=O)Cc1c(C(=O)O)c(OC)c(C(=O)c2ccc(Cl)cc2)n1C. The van der Waals surface area contributed by atoms with Crippen molar-refractivity contribution in [2.45, 2.75) is 13.3 Å². The molecule has 1 aromatic carbocycles. The number of nitrogens with zero attached hydrogens (tertiary/aromatic N) is 1. The molecule has 0 aliphatic heterocycles. The molecule has 0 aliphatic carbocycles. The van der Waals surface area contributed by atoms with Crippen LogP contribution in [0.2, 0.25) is 5.02 Å². The number of halogens is 1. The summed E-state index contributed by atoms with van der Waals surface area (Å²) in [6.07, 6.45) is -0.295. The second-order valence-corrected chi connectivity index (χ2v) is 5.82. The molecule has 0 atom stereocenters. The number of methoxy groups -OCH3 is 1. The molecule has 8 heteroatoms. The Morgan fingerprint density at radius 2 is 1.81 bits per heavy atom. The minimum absolute atomic E-state index is 0.0338. The van der Waals surface area contributed by atoms with E-state index in [1.807, 2.05) is 0 Å². The van der Waals surface area contributed by atoms with Crippen LogP contribution in [0.5, 0.6) is 5.75 Å². The molecule has 1 N–H and O–H groups in total. The maximum atomic E-state index is 12.9. The summed E-state index contributed by atoms with van der Waals surface area (Å²) in [6, 6.07) is 6.18. The topological polar surface area (TPSA) is 94.8 Å². The highest BCUT2D eigenvalue weighted by atomic mass is 35.5. The van der Waals surface area contributed by atoms with E-state index >= 15 is 0 Å². The average molecular weight is 380 g/mol. The van der Waals surface area contributed by atoms with Gasteiger partial charge >= 0.3 is 11.9 Å². The molecule has 0 spiro atoms. The molecule has 2 rings (SSSR count). The molecule has 26 heavy (non-hydrogen) atoms. The van der Waals surface area contributed by atoms with Gasteiger partial charge in [0.25, 0.3) is 0 Å². The molecule has 0 unspecified atom stereocenters. The van der Waals surface area contributed by atoms with Crippen LogP contribution < -0.4 is 4.74 Å². The van der Waals surface area contributed by atoms with E-state index in [0.717, 1.165) is 0 Å². The molecule has 0 bridgehead atoms. The Morgan fingerprint density at radius 3 is 2.31 bits per heavy atom. The van der Waals surface area contributed by atoms with E-state index in [1.165, 1.54) is 30.9 Å². The molecule has 0 fully saturated rings. The van der Waals surface area contributed by atoms with Gasteiger partial charge in [0.15, 0.2) is 5.75 Å². The lowest BCUT2D eigenvalue weighted by atomic mass is 10.1. The third-order valence-corrected chi connectivity index (χ3v) is 4.08. The second-order valence-electron chi connectivity index (χ2n) is 5.39. The highest BCUT2D eigenvalue weighted by molar-refractivity contribution is 6.30. The first-order valence-electron chi connectivity index (χ1n) is 7.76. The van der Waals surface area contributed by atoms with Crippen molar-refractivity contribution >= 4 is 29.3 Å². The molecule has 7 nitrogen and oxygen atoms in total. The summed E-state index contributed by atoms with van der Waals surface area (Å²) in [6.45, 7) is 1.82. The van der Waals surface area contributed by atoms with Gasteiger partial charge in [-0.2, -0.15) is 0 Å². The van der Waals surface area contributed by atoms with Gasteiger partial charge in [0.05, 0.1) is 20.1 Å². The molecule has 1 heterocycles. The van der Waals surface area contributed by atoms with E-state index in [4.69, 9.17) is 21.1 Å². The van der Waals surface area contributed by atoms with Gasteiger partial charge in [-0.05, 0) is 31.2 Å². The average Bonchev–Trinajstić information content (AvgIpc) is 2.87. The zero-order valence-corrected chi connectivity index (χ0v) is 15.3. The molecule has 0 amide bonds. The molecule has 1 aromatic heterocycles. The molecule has 0 aliphatic rings. The van der Waals surface area contributed by atoms with Crippen LogP contribution in [0, 0.1) is 0 Å². The molecule has 138 valence electrons. The van der Waals surface area contributed by atoms with Gasteiger partial charge in [-0.1, -0.05) is 11.6 Å². The Balaban J connectivity index is 2.61. The zero-order valence-electron chi connectivity index (χ0n) is 14.5. The number of esters is 1. The van der Waals surface area contributed by atoms with E-state index in [0.29, 0.717) is 10.6 Å². The van der Waals surface area contributed by atoms with Crippen molar-refractivity contribution in [1.29, 1.82) is 0 Å². The Kier molecular flexibility index (Phi) is 6.05. The highest BCUT2D eigenvalue weighted by Crippen LogP contribution is 2.32. The number of aromatic carboxylic acids is 1. The molecular formula is C18H18ClNO6. The summed E-state index contributed by atoms with van der Waals surface area (Å²) in [4.78, 5) is 36.5. The van der Waals surface area contributed by atoms with Crippen LogP contribution in [0.3, 0.4) is 0 Å². The lowest BCUT2D eigenvalue weighted by Gasteiger charge is -2.08. The van der Waals surface area contributed by atoms with E-state index in [-0.39, 0.29) is 35.7 Å². The number of ether oxygens (including phenoxy) is 2. The summed E-state index contributed by atoms with van der Waals surface area (Å²) in [5.74, 6) is -2.44. The summed E-state index contributed by atoms with van der Waals surface area (Å²) < 4.78 is 11.5. The first-order chi connectivity index (χ1) is 12.3. The van der Waals surface area contributed by atoms with Gasteiger partial charge in [0.2, 0.25) is 5.78 Å². The minimum Gasteiger partial charge on any atom is -0.493 e. The van der Waals surface area contributed by atoms with Gasteiger partial charge in [-0.3, -0.25) is 9.59 Å². The number of hydrogen-bond acceptors (Lipinski definition) is 5. The van der Waals surface area contributed by atoms with Crippen LogP contribution in [0.15, 0.2) is 24.3 Å². The fourth-order valence-corrected chi connectivity index (χ4v) is 2.80. The van der Waals surface area contributed by atoms with Gasteiger partial charge < -0.3 is 19.1 Å². The fourth-order valence-electron chi connectivity index (χ4n) is 2.67. The Labute approximate surface area is 155 Å². The predicted octanol–water partition coefficient (Wildman–Crippen LogP) is 2.72. The highest BCUT2D eigenvalue weighted by Gasteiger charge is 2.31. The van der Waals surface area contributed by atoms with Gasteiger partial charge in [0, 0.05) is 23.3 Å². The van der Waals surface area contributed by atoms with Crippen LogP contribution in [0.4, 0.5) is 0 Å². The Hall–Kier alpha value is -2.80. The lowest BCUT2D eigenvalue weighted by Crippen LogP contribution is -2.15. The number of aromatic nitrogens is 1. The minimum atomic E-state index is -1.30. The Bertz CT molecular complexity index is 854. The molecule has 2 aromatic rings. The van der Waals surface area contributed by atoms with Gasteiger partial charge in [0.1, 0.15) is 11.3 Å². The van der Waals surface area contributed by atoms with E-state index in [1.54, 1.807) is 19.1 Å². The van der Waals surface area contributed by atoms with Gasteiger partial charge in [-0.25, -0.2) is 4.79 Å². The number of rotatable bonds is 7. The molecule has 0 radical (unpaired) electrons. The van der Waals surface area contributed by atoms with Crippen LogP contribution in [-0.4, -0.2) is 41.1 Å². The van der Waals surface area contributed by atoms with Crippen molar-refractivity contribution in [2.24, 2.45) is 7.05 Å². The number of ketones is 1. The number of carboxylic acid groups (broad SMARTS) is 1. The zero-order chi connectivity index (χ0) is 19.4. The number of carbonyl (C=O) groups is 3.